The Morgan fingerprint density at radius 2 is 1.58 bits per heavy atom. The molecule has 0 saturated heterocycles. The van der Waals surface area contributed by atoms with Crippen LogP contribution in [0.25, 0.3) is 11.0 Å². The first-order chi connectivity index (χ1) is 15.5. The van der Waals surface area contributed by atoms with Crippen LogP contribution < -0.4 is 9.44 Å². The Hall–Kier alpha value is -2.86. The summed E-state index contributed by atoms with van der Waals surface area (Å²) in [6, 6.07) is 18.3. The van der Waals surface area contributed by atoms with Crippen molar-refractivity contribution in [2.45, 2.75) is 14.9 Å². The second-order valence-corrected chi connectivity index (χ2v) is 12.2. The van der Waals surface area contributed by atoms with E-state index >= 15 is 0 Å². The maximum absolute atomic E-state index is 13.0. The summed E-state index contributed by atoms with van der Waals surface area (Å²) < 4.78 is 73.5. The van der Waals surface area contributed by atoms with Gasteiger partial charge in [0.1, 0.15) is 5.58 Å². The Kier molecular flexibility index (Phi) is 6.23. The van der Waals surface area contributed by atoms with Gasteiger partial charge in [0.05, 0.1) is 21.2 Å². The first-order valence-electron chi connectivity index (χ1n) is 9.33. The molecule has 33 heavy (non-hydrogen) atoms. The van der Waals surface area contributed by atoms with Gasteiger partial charge in [0.2, 0.25) is 5.09 Å². The molecule has 12 heteroatoms. The molecule has 0 radical (unpaired) electrons. The lowest BCUT2D eigenvalue weighted by Gasteiger charge is -2.14. The third-order valence-corrected chi connectivity index (χ3v) is 8.44. The number of hydrogen-bond donors (Lipinski definition) is 2. The standard InChI is InChI=1S/C21H17ClN2O6S3/c1-32(26,27)20-9-5-4-8-19(20)31(25)23-16-11-10-15(22)13-17(16)24-33(28,29)21-12-14-6-2-3-7-18(14)30-21/h2-13,23-24H,1H3. The molecule has 0 aliphatic heterocycles. The molecule has 1 aromatic heterocycles. The van der Waals surface area contributed by atoms with Crippen molar-refractivity contribution in [2.24, 2.45) is 0 Å². The summed E-state index contributed by atoms with van der Waals surface area (Å²) in [5.41, 5.74) is 0.537. The van der Waals surface area contributed by atoms with Gasteiger partial charge >= 0.3 is 0 Å². The first-order valence-corrected chi connectivity index (χ1v) is 14.2. The van der Waals surface area contributed by atoms with Crippen LogP contribution in [0.2, 0.25) is 5.02 Å². The SMILES string of the molecule is CS(=O)(=O)c1ccccc1S(=O)Nc1ccc(Cl)cc1NS(=O)(=O)c1cc2ccccc2o1. The van der Waals surface area contributed by atoms with Crippen molar-refractivity contribution in [1.82, 2.24) is 0 Å². The minimum atomic E-state index is -4.16. The van der Waals surface area contributed by atoms with Crippen molar-refractivity contribution in [3.63, 3.8) is 0 Å². The zero-order chi connectivity index (χ0) is 23.8. The average Bonchev–Trinajstić information content (AvgIpc) is 3.20. The Morgan fingerprint density at radius 1 is 0.879 bits per heavy atom. The summed E-state index contributed by atoms with van der Waals surface area (Å²) in [5.74, 6) is 0. The Balaban J connectivity index is 1.68. The van der Waals surface area contributed by atoms with Crippen molar-refractivity contribution in [3.8, 4) is 0 Å². The summed E-state index contributed by atoms with van der Waals surface area (Å²) >= 11 is 6.05. The van der Waals surface area contributed by atoms with E-state index in [-0.39, 0.29) is 31.3 Å². The lowest BCUT2D eigenvalue weighted by atomic mass is 10.3. The van der Waals surface area contributed by atoms with Crippen LogP contribution in [-0.2, 0) is 30.8 Å². The number of nitrogens with one attached hydrogen (secondary N) is 2. The molecule has 1 unspecified atom stereocenters. The second kappa shape index (κ2) is 8.82. The fourth-order valence-electron chi connectivity index (χ4n) is 3.04. The van der Waals surface area contributed by atoms with Gasteiger partial charge in [0.15, 0.2) is 20.8 Å². The molecule has 0 amide bonds. The second-order valence-electron chi connectivity index (χ2n) is 6.99. The molecule has 8 nitrogen and oxygen atoms in total. The average molecular weight is 525 g/mol. The summed E-state index contributed by atoms with van der Waals surface area (Å²) in [4.78, 5) is -0.0738. The van der Waals surface area contributed by atoms with Crippen molar-refractivity contribution in [1.29, 1.82) is 0 Å². The van der Waals surface area contributed by atoms with Crippen LogP contribution in [0.5, 0.6) is 0 Å². The van der Waals surface area contributed by atoms with Crippen LogP contribution in [0.3, 0.4) is 0 Å². The summed E-state index contributed by atoms with van der Waals surface area (Å²) in [5, 5.41) is 0.532. The van der Waals surface area contributed by atoms with Crippen LogP contribution >= 0.6 is 11.6 Å². The van der Waals surface area contributed by atoms with Gasteiger partial charge in [-0.25, -0.2) is 12.6 Å². The number of rotatable bonds is 7. The van der Waals surface area contributed by atoms with Crippen LogP contribution in [0.4, 0.5) is 11.4 Å². The smallest absolute Gasteiger partial charge is 0.295 e. The van der Waals surface area contributed by atoms with Gasteiger partial charge < -0.3 is 4.42 Å². The number of fused-ring (bicyclic) bond motifs is 1. The van der Waals surface area contributed by atoms with Gasteiger partial charge in [-0.2, -0.15) is 8.42 Å². The van der Waals surface area contributed by atoms with E-state index in [1.54, 1.807) is 30.3 Å². The number of halogens is 1. The number of anilines is 2. The highest BCUT2D eigenvalue weighted by atomic mass is 35.5. The number of furan rings is 1. The number of para-hydroxylation sites is 1. The maximum Gasteiger partial charge on any atom is 0.295 e. The van der Waals surface area contributed by atoms with Crippen LogP contribution in [0.15, 0.2) is 92.1 Å². The molecule has 4 aromatic rings. The Bertz CT molecular complexity index is 1560. The number of benzene rings is 3. The Morgan fingerprint density at radius 3 is 2.30 bits per heavy atom. The largest absolute Gasteiger partial charge is 0.443 e. The van der Waals surface area contributed by atoms with Gasteiger partial charge in [0, 0.05) is 22.7 Å². The molecular weight excluding hydrogens is 508 g/mol. The highest BCUT2D eigenvalue weighted by Gasteiger charge is 2.23. The van der Waals surface area contributed by atoms with Gasteiger partial charge in [0.25, 0.3) is 10.0 Å². The van der Waals surface area contributed by atoms with E-state index in [0.29, 0.717) is 11.0 Å². The monoisotopic (exact) mass is 524 g/mol. The quantitative estimate of drug-likeness (QED) is 0.369. The van der Waals surface area contributed by atoms with E-state index in [1.165, 1.54) is 42.5 Å². The molecule has 2 N–H and O–H groups in total. The van der Waals surface area contributed by atoms with Crippen LogP contribution in [0, 0.1) is 0 Å². The third kappa shape index (κ3) is 5.06. The molecule has 1 atom stereocenters. The first kappa shape index (κ1) is 23.3. The van der Waals surface area contributed by atoms with Gasteiger partial charge in [-0.15, -0.1) is 0 Å². The number of sulfone groups is 1. The summed E-state index contributed by atoms with van der Waals surface area (Å²) in [6.07, 6.45) is 1.01. The number of hydrogen-bond acceptors (Lipinski definition) is 6. The molecule has 4 rings (SSSR count). The topological polar surface area (TPSA) is 123 Å². The normalized spacial score (nSPS) is 13.0. The molecule has 172 valence electrons. The number of sulfonamides is 1. The summed E-state index contributed by atoms with van der Waals surface area (Å²) in [7, 11) is -9.82. The van der Waals surface area contributed by atoms with Crippen molar-refractivity contribution >= 4 is 64.8 Å². The third-order valence-electron chi connectivity index (χ3n) is 4.54. The highest BCUT2D eigenvalue weighted by Crippen LogP contribution is 2.31. The molecule has 0 spiro atoms. The van der Waals surface area contributed by atoms with Gasteiger partial charge in [-0.1, -0.05) is 41.9 Å². The fraction of sp³-hybridized carbons (Fsp3) is 0.0476. The Labute approximate surface area is 198 Å². The predicted molar refractivity (Wildman–Crippen MR) is 128 cm³/mol. The lowest BCUT2D eigenvalue weighted by Crippen LogP contribution is -2.15. The molecule has 0 saturated carbocycles. The summed E-state index contributed by atoms with van der Waals surface area (Å²) in [6.45, 7) is 0. The van der Waals surface area contributed by atoms with E-state index in [0.717, 1.165) is 6.26 Å². The molecule has 3 aromatic carbocycles. The fourth-order valence-corrected chi connectivity index (χ4v) is 6.63. The molecule has 0 aliphatic rings. The molecule has 1 heterocycles. The predicted octanol–water partition coefficient (Wildman–Crippen LogP) is 4.43. The maximum atomic E-state index is 13.0. The van der Waals surface area contributed by atoms with Gasteiger partial charge in [-0.05, 0) is 36.4 Å². The van der Waals surface area contributed by atoms with E-state index in [2.05, 4.69) is 9.44 Å². The van der Waals surface area contributed by atoms with Gasteiger partial charge in [-0.3, -0.25) is 9.44 Å². The van der Waals surface area contributed by atoms with Crippen LogP contribution in [0.1, 0.15) is 0 Å². The van der Waals surface area contributed by atoms with Crippen molar-refractivity contribution in [3.05, 3.63) is 77.8 Å². The minimum Gasteiger partial charge on any atom is -0.443 e. The van der Waals surface area contributed by atoms with E-state index in [4.69, 9.17) is 16.0 Å². The lowest BCUT2D eigenvalue weighted by molar-refractivity contribution is 0.484. The molecular formula is C21H17ClN2O6S3. The van der Waals surface area contributed by atoms with E-state index in [1.807, 2.05) is 0 Å². The minimum absolute atomic E-state index is 0.00754. The molecule has 0 fully saturated rings. The van der Waals surface area contributed by atoms with E-state index in [9.17, 15) is 21.0 Å². The zero-order valence-corrected chi connectivity index (χ0v) is 20.2. The van der Waals surface area contributed by atoms with E-state index < -0.39 is 30.8 Å². The van der Waals surface area contributed by atoms with Crippen LogP contribution in [-0.4, -0.2) is 27.3 Å². The van der Waals surface area contributed by atoms with Crippen molar-refractivity contribution < 1.29 is 25.5 Å². The van der Waals surface area contributed by atoms with Crippen molar-refractivity contribution in [2.75, 3.05) is 15.7 Å². The highest BCUT2D eigenvalue weighted by molar-refractivity contribution is 7.93. The molecule has 0 aliphatic carbocycles. The molecule has 0 bridgehead atoms. The zero-order valence-electron chi connectivity index (χ0n) is 17.0.